The van der Waals surface area contributed by atoms with E-state index in [-0.39, 0.29) is 12.6 Å². The number of hydrogen-bond acceptors (Lipinski definition) is 4. The fraction of sp³-hybridized carbons (Fsp3) is 1.00. The average molecular weight is 256 g/mol. The van der Waals surface area contributed by atoms with Gasteiger partial charge in [-0.05, 0) is 44.4 Å². The van der Waals surface area contributed by atoms with Crippen LogP contribution in [0.3, 0.4) is 0 Å². The molecule has 0 aliphatic carbocycles. The summed E-state index contributed by atoms with van der Waals surface area (Å²) in [6, 6.07) is 0. The van der Waals surface area contributed by atoms with Gasteiger partial charge in [0.1, 0.15) is 0 Å². The number of ether oxygens (including phenoxy) is 4. The zero-order chi connectivity index (χ0) is 12.2. The van der Waals surface area contributed by atoms with E-state index in [9.17, 15) is 0 Å². The van der Waals surface area contributed by atoms with Crippen LogP contribution in [0.15, 0.2) is 0 Å². The molecule has 0 spiro atoms. The lowest BCUT2D eigenvalue weighted by molar-refractivity contribution is -0.181. The standard InChI is InChI=1S/C14H24O4/c1(6-13-15-8-3-9-16-13)4-11-10-18-14-12(11)5-2-7-17-14/h11-14H,1-10H2. The van der Waals surface area contributed by atoms with Gasteiger partial charge in [0.05, 0.1) is 19.8 Å². The molecule has 3 unspecified atom stereocenters. The summed E-state index contributed by atoms with van der Waals surface area (Å²) in [6.07, 6.45) is 7.03. The third-order valence-electron chi connectivity index (χ3n) is 4.30. The smallest absolute Gasteiger partial charge is 0.160 e. The van der Waals surface area contributed by atoms with Crippen molar-refractivity contribution in [1.82, 2.24) is 0 Å². The molecule has 3 fully saturated rings. The Hall–Kier alpha value is -0.160. The van der Waals surface area contributed by atoms with Crippen LogP contribution in [-0.4, -0.2) is 39.0 Å². The van der Waals surface area contributed by atoms with E-state index in [4.69, 9.17) is 18.9 Å². The van der Waals surface area contributed by atoms with Crippen molar-refractivity contribution in [2.45, 2.75) is 51.1 Å². The van der Waals surface area contributed by atoms with E-state index >= 15 is 0 Å². The monoisotopic (exact) mass is 256 g/mol. The van der Waals surface area contributed by atoms with Crippen LogP contribution in [0.4, 0.5) is 0 Å². The van der Waals surface area contributed by atoms with Crippen molar-refractivity contribution in [2.24, 2.45) is 11.8 Å². The maximum atomic E-state index is 5.73. The van der Waals surface area contributed by atoms with Gasteiger partial charge in [0.25, 0.3) is 0 Å². The van der Waals surface area contributed by atoms with E-state index in [0.717, 1.165) is 39.3 Å². The predicted molar refractivity (Wildman–Crippen MR) is 66.1 cm³/mol. The van der Waals surface area contributed by atoms with Gasteiger partial charge in [0.15, 0.2) is 12.6 Å². The summed E-state index contributed by atoms with van der Waals surface area (Å²) in [7, 11) is 0. The molecule has 0 bridgehead atoms. The first-order valence-corrected chi connectivity index (χ1v) is 7.40. The van der Waals surface area contributed by atoms with E-state index in [1.807, 2.05) is 0 Å². The maximum absolute atomic E-state index is 5.73. The van der Waals surface area contributed by atoms with Crippen molar-refractivity contribution in [3.8, 4) is 0 Å². The van der Waals surface area contributed by atoms with Crippen LogP contribution in [0.25, 0.3) is 0 Å². The van der Waals surface area contributed by atoms with Gasteiger partial charge in [0.2, 0.25) is 0 Å². The van der Waals surface area contributed by atoms with Crippen LogP contribution in [0.1, 0.15) is 38.5 Å². The Morgan fingerprint density at radius 1 is 0.833 bits per heavy atom. The number of rotatable bonds is 4. The van der Waals surface area contributed by atoms with E-state index in [2.05, 4.69) is 0 Å². The zero-order valence-corrected chi connectivity index (χ0v) is 11.0. The molecule has 0 amide bonds. The van der Waals surface area contributed by atoms with Crippen LogP contribution in [0.2, 0.25) is 0 Å². The second-order valence-corrected chi connectivity index (χ2v) is 5.59. The van der Waals surface area contributed by atoms with Crippen molar-refractivity contribution in [1.29, 1.82) is 0 Å². The minimum Gasteiger partial charge on any atom is -0.353 e. The van der Waals surface area contributed by atoms with Gasteiger partial charge < -0.3 is 18.9 Å². The number of fused-ring (bicyclic) bond motifs is 1. The molecule has 104 valence electrons. The molecule has 4 heteroatoms. The Kier molecular flexibility index (Phi) is 4.52. The molecule has 4 nitrogen and oxygen atoms in total. The largest absolute Gasteiger partial charge is 0.353 e. The summed E-state index contributed by atoms with van der Waals surface area (Å²) < 4.78 is 22.5. The SMILES string of the molecule is C1COC(CCCC2COC3OCCCC23)OC1. The summed E-state index contributed by atoms with van der Waals surface area (Å²) in [4.78, 5) is 0. The molecule has 3 atom stereocenters. The van der Waals surface area contributed by atoms with Crippen molar-refractivity contribution in [3.63, 3.8) is 0 Å². The van der Waals surface area contributed by atoms with Crippen molar-refractivity contribution < 1.29 is 18.9 Å². The van der Waals surface area contributed by atoms with Gasteiger partial charge in [0, 0.05) is 12.5 Å². The molecule has 0 N–H and O–H groups in total. The highest BCUT2D eigenvalue weighted by atomic mass is 16.7. The van der Waals surface area contributed by atoms with Crippen molar-refractivity contribution >= 4 is 0 Å². The Labute approximate surface area is 109 Å². The molecule has 0 saturated carbocycles. The Morgan fingerprint density at radius 2 is 1.67 bits per heavy atom. The molecule has 0 radical (unpaired) electrons. The molecule has 3 saturated heterocycles. The third-order valence-corrected chi connectivity index (χ3v) is 4.30. The Balaban J connectivity index is 1.37. The van der Waals surface area contributed by atoms with Gasteiger partial charge in [-0.3, -0.25) is 0 Å². The summed E-state index contributed by atoms with van der Waals surface area (Å²) in [5.41, 5.74) is 0. The number of hydrogen-bond donors (Lipinski definition) is 0. The first kappa shape index (κ1) is 12.9. The second-order valence-electron chi connectivity index (χ2n) is 5.59. The van der Waals surface area contributed by atoms with Crippen LogP contribution in [0, 0.1) is 11.8 Å². The zero-order valence-electron chi connectivity index (χ0n) is 11.0. The van der Waals surface area contributed by atoms with Crippen molar-refractivity contribution in [3.05, 3.63) is 0 Å². The van der Waals surface area contributed by atoms with Crippen LogP contribution in [-0.2, 0) is 18.9 Å². The first-order valence-electron chi connectivity index (χ1n) is 7.40. The summed E-state index contributed by atoms with van der Waals surface area (Å²) in [5.74, 6) is 1.31. The maximum Gasteiger partial charge on any atom is 0.160 e. The summed E-state index contributed by atoms with van der Waals surface area (Å²) in [6.45, 7) is 3.46. The summed E-state index contributed by atoms with van der Waals surface area (Å²) >= 11 is 0. The predicted octanol–water partition coefficient (Wildman–Crippen LogP) is 2.32. The normalized spacial score (nSPS) is 37.7. The van der Waals surface area contributed by atoms with Crippen LogP contribution < -0.4 is 0 Å². The van der Waals surface area contributed by atoms with Crippen LogP contribution >= 0.6 is 0 Å². The molecule has 3 heterocycles. The highest BCUT2D eigenvalue weighted by Gasteiger charge is 2.39. The Morgan fingerprint density at radius 3 is 2.56 bits per heavy atom. The molecular weight excluding hydrogens is 232 g/mol. The van der Waals surface area contributed by atoms with E-state index in [1.54, 1.807) is 0 Å². The highest BCUT2D eigenvalue weighted by molar-refractivity contribution is 4.81. The highest BCUT2D eigenvalue weighted by Crippen LogP contribution is 2.37. The quantitative estimate of drug-likeness (QED) is 0.773. The molecule has 0 aromatic carbocycles. The molecule has 3 aliphatic heterocycles. The lowest BCUT2D eigenvalue weighted by atomic mass is 9.86. The van der Waals surface area contributed by atoms with Gasteiger partial charge in [-0.1, -0.05) is 0 Å². The van der Waals surface area contributed by atoms with Crippen LogP contribution in [0.5, 0.6) is 0 Å². The second kappa shape index (κ2) is 6.33. The summed E-state index contributed by atoms with van der Waals surface area (Å²) in [5, 5.41) is 0. The van der Waals surface area contributed by atoms with Gasteiger partial charge >= 0.3 is 0 Å². The van der Waals surface area contributed by atoms with Gasteiger partial charge in [-0.25, -0.2) is 0 Å². The van der Waals surface area contributed by atoms with E-state index in [1.165, 1.54) is 25.7 Å². The molecule has 0 aromatic heterocycles. The van der Waals surface area contributed by atoms with Gasteiger partial charge in [-0.15, -0.1) is 0 Å². The van der Waals surface area contributed by atoms with Gasteiger partial charge in [-0.2, -0.15) is 0 Å². The van der Waals surface area contributed by atoms with Crippen molar-refractivity contribution in [2.75, 3.05) is 26.4 Å². The molecular formula is C14H24O4. The fourth-order valence-electron chi connectivity index (χ4n) is 3.30. The topological polar surface area (TPSA) is 36.9 Å². The molecule has 18 heavy (non-hydrogen) atoms. The average Bonchev–Trinajstić information content (AvgIpc) is 2.84. The lowest BCUT2D eigenvalue weighted by Crippen LogP contribution is -2.29. The first-order chi connectivity index (χ1) is 8.93. The minimum atomic E-state index is 0.0412. The molecule has 3 aliphatic rings. The fourth-order valence-corrected chi connectivity index (χ4v) is 3.30. The molecule has 0 aromatic rings. The van der Waals surface area contributed by atoms with E-state index in [0.29, 0.717) is 11.8 Å². The lowest BCUT2D eigenvalue weighted by Gasteiger charge is -2.28. The third kappa shape index (κ3) is 3.05. The van der Waals surface area contributed by atoms with E-state index < -0.39 is 0 Å². The molecule has 3 rings (SSSR count). The Bertz CT molecular complexity index is 252. The minimum absolute atomic E-state index is 0.0412.